The van der Waals surface area contributed by atoms with E-state index in [1.54, 1.807) is 20.8 Å². The Kier molecular flexibility index (Phi) is 7.24. The molecular formula is C14H26N2O4. The SMILES string of the molecule is CC(C)C[C@@H](C=O)NC(=O)[C@H](C)NC(=O)OC(C)(C)C. The van der Waals surface area contributed by atoms with Crippen LogP contribution >= 0.6 is 0 Å². The number of nitrogens with one attached hydrogen (secondary N) is 2. The molecule has 0 aliphatic rings. The first kappa shape index (κ1) is 18.4. The second-order valence-corrected chi connectivity index (χ2v) is 6.25. The number of carbonyl (C=O) groups excluding carboxylic acids is 3. The van der Waals surface area contributed by atoms with Gasteiger partial charge in [0.1, 0.15) is 17.9 Å². The van der Waals surface area contributed by atoms with Gasteiger partial charge in [-0.2, -0.15) is 0 Å². The van der Waals surface area contributed by atoms with Gasteiger partial charge < -0.3 is 20.2 Å². The molecular weight excluding hydrogens is 260 g/mol. The number of carbonyl (C=O) groups is 3. The summed E-state index contributed by atoms with van der Waals surface area (Å²) < 4.78 is 5.05. The van der Waals surface area contributed by atoms with Crippen molar-refractivity contribution in [1.82, 2.24) is 10.6 Å². The van der Waals surface area contributed by atoms with Gasteiger partial charge in [-0.1, -0.05) is 13.8 Å². The van der Waals surface area contributed by atoms with Crippen molar-refractivity contribution in [3.8, 4) is 0 Å². The van der Waals surface area contributed by atoms with Gasteiger partial charge in [0.05, 0.1) is 6.04 Å². The van der Waals surface area contributed by atoms with Crippen molar-refractivity contribution in [1.29, 1.82) is 0 Å². The summed E-state index contributed by atoms with van der Waals surface area (Å²) >= 11 is 0. The lowest BCUT2D eigenvalue weighted by Gasteiger charge is -2.22. The summed E-state index contributed by atoms with van der Waals surface area (Å²) in [4.78, 5) is 34.3. The van der Waals surface area contributed by atoms with E-state index in [1.165, 1.54) is 6.92 Å². The Morgan fingerprint density at radius 2 is 1.70 bits per heavy atom. The molecule has 6 nitrogen and oxygen atoms in total. The van der Waals surface area contributed by atoms with E-state index >= 15 is 0 Å². The summed E-state index contributed by atoms with van der Waals surface area (Å²) in [6, 6.07) is -1.30. The summed E-state index contributed by atoms with van der Waals surface area (Å²) in [5, 5.41) is 5.02. The fourth-order valence-electron chi connectivity index (χ4n) is 1.51. The molecule has 116 valence electrons. The summed E-state index contributed by atoms with van der Waals surface area (Å²) in [5.74, 6) is -0.117. The molecule has 0 radical (unpaired) electrons. The first-order chi connectivity index (χ1) is 9.05. The Morgan fingerprint density at radius 3 is 2.10 bits per heavy atom. The van der Waals surface area contributed by atoms with E-state index in [1.807, 2.05) is 13.8 Å². The molecule has 0 unspecified atom stereocenters. The molecule has 6 heteroatoms. The van der Waals surface area contributed by atoms with Crippen LogP contribution in [0.1, 0.15) is 48.0 Å². The Balaban J connectivity index is 4.33. The second-order valence-electron chi connectivity index (χ2n) is 6.25. The van der Waals surface area contributed by atoms with Crippen molar-refractivity contribution in [2.45, 2.75) is 65.6 Å². The summed E-state index contributed by atoms with van der Waals surface area (Å²) in [7, 11) is 0. The fourth-order valence-corrected chi connectivity index (χ4v) is 1.51. The molecule has 0 saturated heterocycles. The van der Waals surface area contributed by atoms with Crippen molar-refractivity contribution in [3.63, 3.8) is 0 Å². The lowest BCUT2D eigenvalue weighted by atomic mass is 10.0. The summed E-state index contributed by atoms with van der Waals surface area (Å²) in [6.07, 6.45) is 0.610. The van der Waals surface area contributed by atoms with Crippen LogP contribution in [0.3, 0.4) is 0 Å². The topological polar surface area (TPSA) is 84.5 Å². The minimum absolute atomic E-state index is 0.291. The van der Waals surface area contributed by atoms with Crippen LogP contribution in [0.25, 0.3) is 0 Å². The second kappa shape index (κ2) is 7.87. The van der Waals surface area contributed by atoms with Crippen LogP contribution in [0.4, 0.5) is 4.79 Å². The molecule has 0 rings (SSSR count). The Bertz CT molecular complexity index is 348. The highest BCUT2D eigenvalue weighted by molar-refractivity contribution is 5.87. The third kappa shape index (κ3) is 8.50. The number of amides is 2. The quantitative estimate of drug-likeness (QED) is 0.727. The van der Waals surface area contributed by atoms with E-state index in [2.05, 4.69) is 10.6 Å². The van der Waals surface area contributed by atoms with Crippen molar-refractivity contribution in [2.75, 3.05) is 0 Å². The van der Waals surface area contributed by atoms with Crippen LogP contribution in [0.15, 0.2) is 0 Å². The van der Waals surface area contributed by atoms with Gasteiger partial charge in [0, 0.05) is 0 Å². The first-order valence-electron chi connectivity index (χ1n) is 6.80. The van der Waals surface area contributed by atoms with Gasteiger partial charge in [-0.3, -0.25) is 4.79 Å². The predicted molar refractivity (Wildman–Crippen MR) is 76.3 cm³/mol. The summed E-state index contributed by atoms with van der Waals surface area (Å²) in [5.41, 5.74) is -0.622. The zero-order valence-electron chi connectivity index (χ0n) is 13.1. The smallest absolute Gasteiger partial charge is 0.408 e. The van der Waals surface area contributed by atoms with Crippen LogP contribution in [0.5, 0.6) is 0 Å². The average molecular weight is 286 g/mol. The fraction of sp³-hybridized carbons (Fsp3) is 0.786. The van der Waals surface area contributed by atoms with E-state index in [0.29, 0.717) is 18.6 Å². The zero-order chi connectivity index (χ0) is 15.9. The third-order valence-electron chi connectivity index (χ3n) is 2.34. The van der Waals surface area contributed by atoms with E-state index in [0.717, 1.165) is 0 Å². The molecule has 0 aromatic carbocycles. The normalized spacial score (nSPS) is 14.3. The van der Waals surface area contributed by atoms with Crippen LogP contribution in [0.2, 0.25) is 0 Å². The number of hydrogen-bond donors (Lipinski definition) is 2. The van der Waals surface area contributed by atoms with Crippen LogP contribution in [0, 0.1) is 5.92 Å². The molecule has 2 amide bonds. The highest BCUT2D eigenvalue weighted by Gasteiger charge is 2.22. The van der Waals surface area contributed by atoms with Crippen molar-refractivity contribution >= 4 is 18.3 Å². The molecule has 2 atom stereocenters. The van der Waals surface area contributed by atoms with Gasteiger partial charge in [0.15, 0.2) is 0 Å². The monoisotopic (exact) mass is 286 g/mol. The molecule has 0 aromatic heterocycles. The Labute approximate surface area is 120 Å². The number of ether oxygens (including phenoxy) is 1. The number of rotatable bonds is 6. The highest BCUT2D eigenvalue weighted by atomic mass is 16.6. The standard InChI is InChI=1S/C14H26N2O4/c1-9(2)7-11(8-17)16-12(18)10(3)15-13(19)20-14(4,5)6/h8-11H,7H2,1-6H3,(H,15,19)(H,16,18)/t10-,11-/m0/s1. The van der Waals surface area contributed by atoms with Crippen molar-refractivity contribution in [2.24, 2.45) is 5.92 Å². The van der Waals surface area contributed by atoms with Crippen LogP contribution < -0.4 is 10.6 Å². The van der Waals surface area contributed by atoms with Gasteiger partial charge >= 0.3 is 6.09 Å². The molecule has 0 aliphatic carbocycles. The summed E-state index contributed by atoms with van der Waals surface area (Å²) in [6.45, 7) is 10.7. The maximum atomic E-state index is 11.9. The number of aldehydes is 1. The average Bonchev–Trinajstić information content (AvgIpc) is 2.24. The lowest BCUT2D eigenvalue weighted by Crippen LogP contribution is -2.49. The van der Waals surface area contributed by atoms with E-state index < -0.39 is 29.7 Å². The minimum Gasteiger partial charge on any atom is -0.444 e. The van der Waals surface area contributed by atoms with Gasteiger partial charge in [0.25, 0.3) is 0 Å². The predicted octanol–water partition coefficient (Wildman–Crippen LogP) is 1.63. The third-order valence-corrected chi connectivity index (χ3v) is 2.34. The van der Waals surface area contributed by atoms with Crippen molar-refractivity contribution in [3.05, 3.63) is 0 Å². The van der Waals surface area contributed by atoms with Gasteiger partial charge in [0.2, 0.25) is 5.91 Å². The molecule has 0 saturated carbocycles. The van der Waals surface area contributed by atoms with Crippen LogP contribution in [-0.2, 0) is 14.3 Å². The molecule has 0 aromatic rings. The Morgan fingerprint density at radius 1 is 1.15 bits per heavy atom. The number of hydrogen-bond acceptors (Lipinski definition) is 4. The zero-order valence-corrected chi connectivity index (χ0v) is 13.1. The molecule has 0 spiro atoms. The van der Waals surface area contributed by atoms with E-state index in [4.69, 9.17) is 4.74 Å². The largest absolute Gasteiger partial charge is 0.444 e. The van der Waals surface area contributed by atoms with Gasteiger partial charge in [-0.25, -0.2) is 4.79 Å². The number of alkyl carbamates (subject to hydrolysis) is 1. The maximum absolute atomic E-state index is 11.9. The molecule has 0 heterocycles. The van der Waals surface area contributed by atoms with Crippen LogP contribution in [-0.4, -0.2) is 36.0 Å². The first-order valence-corrected chi connectivity index (χ1v) is 6.80. The molecule has 0 bridgehead atoms. The van der Waals surface area contributed by atoms with Gasteiger partial charge in [-0.05, 0) is 40.0 Å². The molecule has 0 aliphatic heterocycles. The molecule has 0 fully saturated rings. The van der Waals surface area contributed by atoms with Crippen molar-refractivity contribution < 1.29 is 19.1 Å². The molecule has 2 N–H and O–H groups in total. The van der Waals surface area contributed by atoms with E-state index in [-0.39, 0.29) is 0 Å². The maximum Gasteiger partial charge on any atom is 0.408 e. The minimum atomic E-state index is -0.764. The lowest BCUT2D eigenvalue weighted by molar-refractivity contribution is -0.125. The highest BCUT2D eigenvalue weighted by Crippen LogP contribution is 2.07. The Hall–Kier alpha value is -1.59. The molecule has 20 heavy (non-hydrogen) atoms. The van der Waals surface area contributed by atoms with Gasteiger partial charge in [-0.15, -0.1) is 0 Å². The van der Waals surface area contributed by atoms with E-state index in [9.17, 15) is 14.4 Å².